The molecule has 0 saturated heterocycles. The fourth-order valence-electron chi connectivity index (χ4n) is 3.12. The largest absolute Gasteiger partial charge is 0.346 e. The molecule has 134 valence electrons. The van der Waals surface area contributed by atoms with Gasteiger partial charge in [0.1, 0.15) is 0 Å². The van der Waals surface area contributed by atoms with E-state index >= 15 is 0 Å². The summed E-state index contributed by atoms with van der Waals surface area (Å²) in [6.45, 7) is 2.51. The molecule has 27 heavy (non-hydrogen) atoms. The zero-order valence-corrected chi connectivity index (χ0v) is 15.9. The number of hydrogen-bond acceptors (Lipinski definition) is 3. The fourth-order valence-corrected chi connectivity index (χ4v) is 4.26. The Morgan fingerprint density at radius 2 is 1.78 bits per heavy atom. The van der Waals surface area contributed by atoms with E-state index < -0.39 is 0 Å². The summed E-state index contributed by atoms with van der Waals surface area (Å²) in [5.74, 6) is -0.0380. The average molecular weight is 372 g/mol. The molecule has 2 heterocycles. The number of aromatic nitrogens is 1. The third kappa shape index (κ3) is 3.91. The van der Waals surface area contributed by atoms with Gasteiger partial charge in [-0.1, -0.05) is 54.1 Å². The number of fused-ring (bicyclic) bond motifs is 1. The van der Waals surface area contributed by atoms with E-state index in [9.17, 15) is 4.79 Å². The molecule has 0 spiro atoms. The predicted molar refractivity (Wildman–Crippen MR) is 111 cm³/mol. The first-order chi connectivity index (χ1) is 13.2. The second-order valence-electron chi connectivity index (χ2n) is 6.57. The molecule has 2 aromatic heterocycles. The summed E-state index contributed by atoms with van der Waals surface area (Å²) in [5.41, 5.74) is 4.40. The molecule has 0 radical (unpaired) electrons. The van der Waals surface area contributed by atoms with Crippen molar-refractivity contribution in [3.8, 4) is 0 Å². The third-order valence-corrected chi connectivity index (χ3v) is 5.77. The lowest BCUT2D eigenvalue weighted by Gasteiger charge is -2.07. The summed E-state index contributed by atoms with van der Waals surface area (Å²) in [5, 5.41) is 4.18. The van der Waals surface area contributed by atoms with Crippen LogP contribution < -0.4 is 5.32 Å². The SMILES string of the molecule is Cc1ccc(Cc2c(C(=O)NCc3ccccn3)sc3ccccc23)cc1. The highest BCUT2D eigenvalue weighted by Gasteiger charge is 2.18. The van der Waals surface area contributed by atoms with Crippen LogP contribution in [-0.2, 0) is 13.0 Å². The molecule has 1 N–H and O–H groups in total. The van der Waals surface area contributed by atoms with Gasteiger partial charge in [0.05, 0.1) is 17.1 Å². The lowest BCUT2D eigenvalue weighted by molar-refractivity contribution is 0.0954. The Morgan fingerprint density at radius 1 is 1.00 bits per heavy atom. The van der Waals surface area contributed by atoms with E-state index in [4.69, 9.17) is 0 Å². The van der Waals surface area contributed by atoms with Crippen LogP contribution >= 0.6 is 11.3 Å². The molecule has 2 aromatic carbocycles. The van der Waals surface area contributed by atoms with E-state index in [0.29, 0.717) is 6.54 Å². The zero-order chi connectivity index (χ0) is 18.6. The fraction of sp³-hybridized carbons (Fsp3) is 0.130. The monoisotopic (exact) mass is 372 g/mol. The maximum Gasteiger partial charge on any atom is 0.262 e. The van der Waals surface area contributed by atoms with Gasteiger partial charge in [0.2, 0.25) is 0 Å². The van der Waals surface area contributed by atoms with Gasteiger partial charge in [-0.05, 0) is 48.1 Å². The molecular weight excluding hydrogens is 352 g/mol. The molecule has 0 fully saturated rings. The summed E-state index contributed by atoms with van der Waals surface area (Å²) in [6, 6.07) is 22.4. The van der Waals surface area contributed by atoms with Gasteiger partial charge in [0.15, 0.2) is 0 Å². The van der Waals surface area contributed by atoms with Crippen LogP contribution in [0.5, 0.6) is 0 Å². The number of thiophene rings is 1. The number of aryl methyl sites for hydroxylation is 1. The molecule has 0 saturated carbocycles. The van der Waals surface area contributed by atoms with Crippen LogP contribution in [0.1, 0.15) is 32.1 Å². The van der Waals surface area contributed by atoms with Gasteiger partial charge in [0.25, 0.3) is 5.91 Å². The minimum absolute atomic E-state index is 0.0380. The Kier molecular flexibility index (Phi) is 4.99. The summed E-state index contributed by atoms with van der Waals surface area (Å²) in [4.78, 5) is 18.0. The van der Waals surface area contributed by atoms with Crippen molar-refractivity contribution >= 4 is 27.3 Å². The molecule has 0 aliphatic carbocycles. The molecule has 4 aromatic rings. The molecule has 0 aliphatic rings. The van der Waals surface area contributed by atoms with Crippen LogP contribution in [0, 0.1) is 6.92 Å². The standard InChI is InChI=1S/C23H20N2OS/c1-16-9-11-17(12-10-16)14-20-19-7-2-3-8-21(19)27-22(20)23(26)25-15-18-6-4-5-13-24-18/h2-13H,14-15H2,1H3,(H,25,26). The maximum atomic E-state index is 12.9. The average Bonchev–Trinajstić information content (AvgIpc) is 3.07. The predicted octanol–water partition coefficient (Wildman–Crippen LogP) is 5.13. The highest BCUT2D eigenvalue weighted by molar-refractivity contribution is 7.21. The van der Waals surface area contributed by atoms with Crippen molar-refractivity contribution < 1.29 is 4.79 Å². The first-order valence-electron chi connectivity index (χ1n) is 8.95. The van der Waals surface area contributed by atoms with Crippen molar-refractivity contribution in [2.45, 2.75) is 19.9 Å². The first kappa shape index (κ1) is 17.4. The van der Waals surface area contributed by atoms with Gasteiger partial charge in [-0.25, -0.2) is 0 Å². The van der Waals surface area contributed by atoms with Gasteiger partial charge in [0, 0.05) is 10.9 Å². The normalized spacial score (nSPS) is 10.9. The topological polar surface area (TPSA) is 42.0 Å². The second kappa shape index (κ2) is 7.72. The van der Waals surface area contributed by atoms with Crippen molar-refractivity contribution in [1.29, 1.82) is 0 Å². The van der Waals surface area contributed by atoms with Gasteiger partial charge >= 0.3 is 0 Å². The first-order valence-corrected chi connectivity index (χ1v) is 9.76. The summed E-state index contributed by atoms with van der Waals surface area (Å²) >= 11 is 1.56. The summed E-state index contributed by atoms with van der Waals surface area (Å²) < 4.78 is 1.14. The van der Waals surface area contributed by atoms with Crippen LogP contribution in [-0.4, -0.2) is 10.9 Å². The Hall–Kier alpha value is -2.98. The van der Waals surface area contributed by atoms with Crippen LogP contribution in [0.2, 0.25) is 0 Å². The molecule has 3 nitrogen and oxygen atoms in total. The van der Waals surface area contributed by atoms with E-state index in [1.54, 1.807) is 17.5 Å². The van der Waals surface area contributed by atoms with Crippen molar-refractivity contribution in [3.05, 3.63) is 100 Å². The number of carbonyl (C=O) groups excluding carboxylic acids is 1. The molecule has 0 aliphatic heterocycles. The number of hydrogen-bond donors (Lipinski definition) is 1. The van der Waals surface area contributed by atoms with Crippen LogP contribution in [0.4, 0.5) is 0 Å². The second-order valence-corrected chi connectivity index (χ2v) is 7.62. The molecular formula is C23H20N2OS. The Bertz CT molecular complexity index is 1070. The lowest BCUT2D eigenvalue weighted by atomic mass is 10.0. The van der Waals surface area contributed by atoms with E-state index in [1.807, 2.05) is 30.3 Å². The number of amides is 1. The highest BCUT2D eigenvalue weighted by Crippen LogP contribution is 2.33. The van der Waals surface area contributed by atoms with E-state index in [2.05, 4.69) is 53.6 Å². The minimum atomic E-state index is -0.0380. The maximum absolute atomic E-state index is 12.9. The van der Waals surface area contributed by atoms with Gasteiger partial charge in [-0.15, -0.1) is 11.3 Å². The van der Waals surface area contributed by atoms with Crippen LogP contribution in [0.3, 0.4) is 0 Å². The highest BCUT2D eigenvalue weighted by atomic mass is 32.1. The van der Waals surface area contributed by atoms with Crippen molar-refractivity contribution in [2.24, 2.45) is 0 Å². The van der Waals surface area contributed by atoms with Gasteiger partial charge in [-0.3, -0.25) is 9.78 Å². The van der Waals surface area contributed by atoms with Crippen molar-refractivity contribution in [2.75, 3.05) is 0 Å². The smallest absolute Gasteiger partial charge is 0.262 e. The van der Waals surface area contributed by atoms with Crippen LogP contribution in [0.25, 0.3) is 10.1 Å². The molecule has 0 atom stereocenters. The number of nitrogens with zero attached hydrogens (tertiary/aromatic N) is 1. The Morgan fingerprint density at radius 3 is 2.56 bits per heavy atom. The minimum Gasteiger partial charge on any atom is -0.346 e. The molecule has 0 bridgehead atoms. The number of benzene rings is 2. The van der Waals surface area contributed by atoms with E-state index in [-0.39, 0.29) is 5.91 Å². The molecule has 1 amide bonds. The Balaban J connectivity index is 1.64. The van der Waals surface area contributed by atoms with E-state index in [0.717, 1.165) is 32.6 Å². The van der Waals surface area contributed by atoms with Crippen LogP contribution in [0.15, 0.2) is 72.9 Å². The zero-order valence-electron chi connectivity index (χ0n) is 15.1. The quantitative estimate of drug-likeness (QED) is 0.528. The molecule has 0 unspecified atom stereocenters. The third-order valence-electron chi connectivity index (χ3n) is 4.56. The van der Waals surface area contributed by atoms with Crippen molar-refractivity contribution in [1.82, 2.24) is 10.3 Å². The van der Waals surface area contributed by atoms with E-state index in [1.165, 1.54) is 11.1 Å². The lowest BCUT2D eigenvalue weighted by Crippen LogP contribution is -2.23. The molecule has 4 rings (SSSR count). The number of pyridine rings is 1. The summed E-state index contributed by atoms with van der Waals surface area (Å²) in [6.07, 6.45) is 2.49. The Labute approximate surface area is 162 Å². The van der Waals surface area contributed by atoms with Crippen molar-refractivity contribution in [3.63, 3.8) is 0 Å². The molecule has 4 heteroatoms. The number of carbonyl (C=O) groups is 1. The van der Waals surface area contributed by atoms with Gasteiger partial charge in [-0.2, -0.15) is 0 Å². The van der Waals surface area contributed by atoms with Gasteiger partial charge < -0.3 is 5.32 Å². The summed E-state index contributed by atoms with van der Waals surface area (Å²) in [7, 11) is 0. The number of nitrogens with one attached hydrogen (secondary N) is 1. The number of rotatable bonds is 5.